The molecule has 2 aliphatic rings. The maximum absolute atomic E-state index is 12.2. The van der Waals surface area contributed by atoms with Crippen LogP contribution in [0.3, 0.4) is 0 Å². The van der Waals surface area contributed by atoms with E-state index in [9.17, 15) is 14.4 Å². The van der Waals surface area contributed by atoms with Crippen molar-refractivity contribution in [3.8, 4) is 0 Å². The molecule has 1 aromatic carbocycles. The molecule has 1 atom stereocenters. The maximum atomic E-state index is 12.2. The van der Waals surface area contributed by atoms with Gasteiger partial charge in [0.1, 0.15) is 5.37 Å². The smallest absolute Gasteiger partial charge is 0.337 e. The van der Waals surface area contributed by atoms with E-state index < -0.39 is 0 Å². The van der Waals surface area contributed by atoms with E-state index in [1.54, 1.807) is 23.9 Å². The number of rotatable bonds is 6. The number of hydrogen-bond donors (Lipinski definition) is 0. The Morgan fingerprint density at radius 1 is 1.20 bits per heavy atom. The summed E-state index contributed by atoms with van der Waals surface area (Å²) < 4.78 is 4.71. The van der Waals surface area contributed by atoms with Gasteiger partial charge in [0, 0.05) is 26.1 Å². The SMILES string of the molecule is COC(=O)c1ccc(C2SCC(=O)N2CCCN2CCCC2=O)cc1. The molecule has 1 unspecified atom stereocenters. The average Bonchev–Trinajstić information content (AvgIpc) is 3.21. The maximum Gasteiger partial charge on any atom is 0.337 e. The summed E-state index contributed by atoms with van der Waals surface area (Å²) in [5, 5.41) is -0.0338. The number of nitrogens with zero attached hydrogens (tertiary/aromatic N) is 2. The first-order valence-corrected chi connectivity index (χ1v) is 9.52. The number of methoxy groups -OCH3 is 1. The highest BCUT2D eigenvalue weighted by atomic mass is 32.2. The molecule has 0 aromatic heterocycles. The molecule has 3 rings (SSSR count). The fourth-order valence-electron chi connectivity index (χ4n) is 3.25. The van der Waals surface area contributed by atoms with Gasteiger partial charge in [0.2, 0.25) is 11.8 Å². The topological polar surface area (TPSA) is 66.9 Å². The van der Waals surface area contributed by atoms with Crippen molar-refractivity contribution >= 4 is 29.5 Å². The van der Waals surface area contributed by atoms with Gasteiger partial charge < -0.3 is 14.5 Å². The van der Waals surface area contributed by atoms with Crippen molar-refractivity contribution in [2.75, 3.05) is 32.5 Å². The van der Waals surface area contributed by atoms with Crippen molar-refractivity contribution in [1.82, 2.24) is 9.80 Å². The van der Waals surface area contributed by atoms with E-state index in [0.717, 1.165) is 24.9 Å². The zero-order valence-corrected chi connectivity index (χ0v) is 15.1. The normalized spacial score (nSPS) is 20.4. The van der Waals surface area contributed by atoms with E-state index in [1.807, 2.05) is 21.9 Å². The molecular formula is C18H22N2O4S. The lowest BCUT2D eigenvalue weighted by Gasteiger charge is -2.25. The van der Waals surface area contributed by atoms with E-state index in [-0.39, 0.29) is 23.2 Å². The number of ether oxygens (including phenoxy) is 1. The summed E-state index contributed by atoms with van der Waals surface area (Å²) in [6.07, 6.45) is 2.37. The van der Waals surface area contributed by atoms with Crippen LogP contribution < -0.4 is 0 Å². The van der Waals surface area contributed by atoms with Crippen LogP contribution in [0.5, 0.6) is 0 Å². The van der Waals surface area contributed by atoms with Crippen LogP contribution in [0.25, 0.3) is 0 Å². The van der Waals surface area contributed by atoms with E-state index in [1.165, 1.54) is 7.11 Å². The Bertz CT molecular complexity index is 662. The van der Waals surface area contributed by atoms with Crippen molar-refractivity contribution < 1.29 is 19.1 Å². The number of thioether (sulfide) groups is 1. The lowest BCUT2D eigenvalue weighted by Crippen LogP contribution is -2.33. The predicted molar refractivity (Wildman–Crippen MR) is 95.1 cm³/mol. The van der Waals surface area contributed by atoms with Gasteiger partial charge in [-0.1, -0.05) is 12.1 Å². The number of benzene rings is 1. The van der Waals surface area contributed by atoms with E-state index in [0.29, 0.717) is 30.8 Å². The number of carbonyl (C=O) groups excluding carboxylic acids is 3. The molecule has 7 heteroatoms. The van der Waals surface area contributed by atoms with Crippen LogP contribution >= 0.6 is 11.8 Å². The summed E-state index contributed by atoms with van der Waals surface area (Å²) in [5.74, 6) is 0.442. The van der Waals surface area contributed by atoms with Gasteiger partial charge >= 0.3 is 5.97 Å². The van der Waals surface area contributed by atoms with Crippen LogP contribution in [-0.2, 0) is 14.3 Å². The minimum atomic E-state index is -0.367. The Labute approximate surface area is 151 Å². The zero-order valence-electron chi connectivity index (χ0n) is 14.3. The molecule has 0 saturated carbocycles. The van der Waals surface area contributed by atoms with Crippen LogP contribution in [0.2, 0.25) is 0 Å². The average molecular weight is 362 g/mol. The van der Waals surface area contributed by atoms with Gasteiger partial charge in [-0.3, -0.25) is 9.59 Å². The molecule has 0 N–H and O–H groups in total. The summed E-state index contributed by atoms with van der Waals surface area (Å²) in [4.78, 5) is 39.2. The first-order valence-electron chi connectivity index (χ1n) is 8.47. The van der Waals surface area contributed by atoms with Crippen molar-refractivity contribution in [3.63, 3.8) is 0 Å². The Hall–Kier alpha value is -2.02. The fourth-order valence-corrected chi connectivity index (χ4v) is 4.46. The van der Waals surface area contributed by atoms with Crippen molar-refractivity contribution in [2.45, 2.75) is 24.6 Å². The standard InChI is InChI=1S/C18H22N2O4S/c1-24-18(23)14-7-5-13(6-8-14)17-20(16(22)12-25-17)11-3-10-19-9-2-4-15(19)21/h5-8,17H,2-4,9-12H2,1H3. The predicted octanol–water partition coefficient (Wildman–Crippen LogP) is 2.06. The molecular weight excluding hydrogens is 340 g/mol. The first-order chi connectivity index (χ1) is 12.1. The largest absolute Gasteiger partial charge is 0.465 e. The van der Waals surface area contributed by atoms with Gasteiger partial charge in [0.15, 0.2) is 0 Å². The zero-order chi connectivity index (χ0) is 17.8. The van der Waals surface area contributed by atoms with Gasteiger partial charge in [-0.2, -0.15) is 0 Å². The number of amides is 2. The first kappa shape index (κ1) is 17.8. The highest BCUT2D eigenvalue weighted by molar-refractivity contribution is 8.00. The second-order valence-electron chi connectivity index (χ2n) is 6.20. The van der Waals surface area contributed by atoms with Crippen LogP contribution in [0.1, 0.15) is 40.6 Å². The summed E-state index contributed by atoms with van der Waals surface area (Å²) in [7, 11) is 1.36. The Morgan fingerprint density at radius 3 is 2.60 bits per heavy atom. The molecule has 2 fully saturated rings. The van der Waals surface area contributed by atoms with Gasteiger partial charge in [-0.15, -0.1) is 11.8 Å². The molecule has 0 spiro atoms. The van der Waals surface area contributed by atoms with Crippen LogP contribution in [0, 0.1) is 0 Å². The van der Waals surface area contributed by atoms with Crippen LogP contribution in [0.4, 0.5) is 0 Å². The summed E-state index contributed by atoms with van der Waals surface area (Å²) in [5.41, 5.74) is 1.50. The summed E-state index contributed by atoms with van der Waals surface area (Å²) >= 11 is 1.59. The van der Waals surface area contributed by atoms with Gasteiger partial charge in [-0.05, 0) is 30.5 Å². The molecule has 25 heavy (non-hydrogen) atoms. The van der Waals surface area contributed by atoms with Gasteiger partial charge in [-0.25, -0.2) is 4.79 Å². The van der Waals surface area contributed by atoms with Crippen molar-refractivity contribution in [3.05, 3.63) is 35.4 Å². The van der Waals surface area contributed by atoms with Crippen LogP contribution in [0.15, 0.2) is 24.3 Å². The molecule has 134 valence electrons. The van der Waals surface area contributed by atoms with Crippen molar-refractivity contribution in [1.29, 1.82) is 0 Å². The molecule has 2 amide bonds. The molecule has 6 nitrogen and oxygen atoms in total. The number of carbonyl (C=O) groups is 3. The molecule has 1 aromatic rings. The lowest BCUT2D eigenvalue weighted by molar-refractivity contribution is -0.128. The molecule has 0 aliphatic carbocycles. The quantitative estimate of drug-likeness (QED) is 0.725. The lowest BCUT2D eigenvalue weighted by atomic mass is 10.1. The van der Waals surface area contributed by atoms with E-state index >= 15 is 0 Å². The highest BCUT2D eigenvalue weighted by Gasteiger charge is 2.32. The van der Waals surface area contributed by atoms with Crippen LogP contribution in [-0.4, -0.2) is 60.1 Å². The summed E-state index contributed by atoms with van der Waals surface area (Å²) in [6, 6.07) is 7.20. The minimum absolute atomic E-state index is 0.0338. The third-order valence-electron chi connectivity index (χ3n) is 4.58. The monoisotopic (exact) mass is 362 g/mol. The van der Waals surface area contributed by atoms with E-state index in [4.69, 9.17) is 4.74 Å². The number of likely N-dealkylation sites (tertiary alicyclic amines) is 1. The molecule has 0 bridgehead atoms. The second-order valence-corrected chi connectivity index (χ2v) is 7.27. The van der Waals surface area contributed by atoms with E-state index in [2.05, 4.69) is 0 Å². The van der Waals surface area contributed by atoms with Gasteiger partial charge in [0.05, 0.1) is 18.4 Å². The third-order valence-corrected chi connectivity index (χ3v) is 5.84. The van der Waals surface area contributed by atoms with Crippen molar-refractivity contribution in [2.24, 2.45) is 0 Å². The summed E-state index contributed by atoms with van der Waals surface area (Å²) in [6.45, 7) is 2.18. The number of hydrogen-bond acceptors (Lipinski definition) is 5. The minimum Gasteiger partial charge on any atom is -0.465 e. The Kier molecular flexibility index (Phi) is 5.63. The molecule has 2 aliphatic heterocycles. The van der Waals surface area contributed by atoms with Gasteiger partial charge in [0.25, 0.3) is 0 Å². The number of esters is 1. The molecule has 0 radical (unpaired) electrons. The fraction of sp³-hybridized carbons (Fsp3) is 0.500. The highest BCUT2D eigenvalue weighted by Crippen LogP contribution is 2.38. The Morgan fingerprint density at radius 2 is 1.96 bits per heavy atom. The Balaban J connectivity index is 1.61. The second kappa shape index (κ2) is 7.91. The third kappa shape index (κ3) is 3.98. The molecule has 2 saturated heterocycles. The molecule has 2 heterocycles.